The molecule has 4 heteroatoms. The third-order valence-electron chi connectivity index (χ3n) is 6.41. The molecule has 0 aliphatic rings. The van der Waals surface area contributed by atoms with Crippen LogP contribution >= 0.6 is 0 Å². The second kappa shape index (κ2) is 10.4. The van der Waals surface area contributed by atoms with Crippen LogP contribution in [0.4, 0.5) is 17.6 Å². The van der Waals surface area contributed by atoms with Gasteiger partial charge in [0.25, 0.3) is 0 Å². The minimum Gasteiger partial charge on any atom is -0.203 e. The maximum absolute atomic E-state index is 15.5. The standard InChI is InChI=1S/C30H28F4/c1-3-5-17-21-23(19-13-9-7-10-14-19)22(18-6-4-2)25-26(24(21)20-15-11-8-12-16-20)28(32)30(34)29(33)27(25)31/h7-16H,3-6,17-18H2,1-2H3. The fourth-order valence-corrected chi connectivity index (χ4v) is 4.82. The van der Waals surface area contributed by atoms with E-state index in [1.54, 1.807) is 0 Å². The first kappa shape index (κ1) is 24.0. The molecule has 0 bridgehead atoms. The van der Waals surface area contributed by atoms with Crippen LogP contribution in [0.15, 0.2) is 60.7 Å². The summed E-state index contributed by atoms with van der Waals surface area (Å²) in [5, 5.41) is -0.317. The Morgan fingerprint density at radius 3 is 1.44 bits per heavy atom. The Morgan fingerprint density at radius 2 is 0.941 bits per heavy atom. The fraction of sp³-hybridized carbons (Fsp3) is 0.267. The maximum Gasteiger partial charge on any atom is 0.198 e. The van der Waals surface area contributed by atoms with Crippen molar-refractivity contribution in [3.63, 3.8) is 0 Å². The van der Waals surface area contributed by atoms with Crippen LogP contribution in [0.2, 0.25) is 0 Å². The van der Waals surface area contributed by atoms with Gasteiger partial charge in [-0.25, -0.2) is 17.6 Å². The Kier molecular flexibility index (Phi) is 7.35. The third kappa shape index (κ3) is 4.22. The first-order valence-electron chi connectivity index (χ1n) is 11.9. The van der Waals surface area contributed by atoms with Crippen LogP contribution in [0.5, 0.6) is 0 Å². The summed E-state index contributed by atoms with van der Waals surface area (Å²) in [7, 11) is 0. The molecule has 0 spiro atoms. The number of fused-ring (bicyclic) bond motifs is 1. The van der Waals surface area contributed by atoms with Gasteiger partial charge >= 0.3 is 0 Å². The summed E-state index contributed by atoms with van der Waals surface area (Å²) in [6, 6.07) is 18.7. The molecular weight excluding hydrogens is 436 g/mol. The maximum atomic E-state index is 15.5. The molecule has 0 aliphatic carbocycles. The van der Waals surface area contributed by atoms with Crippen molar-refractivity contribution in [3.05, 3.63) is 95.1 Å². The van der Waals surface area contributed by atoms with Gasteiger partial charge in [0.1, 0.15) is 0 Å². The Hall–Kier alpha value is -3.14. The smallest absolute Gasteiger partial charge is 0.198 e. The van der Waals surface area contributed by atoms with Crippen molar-refractivity contribution in [2.45, 2.75) is 52.4 Å². The molecule has 0 saturated heterocycles. The molecule has 0 fully saturated rings. The number of hydrogen-bond acceptors (Lipinski definition) is 0. The van der Waals surface area contributed by atoms with Crippen molar-refractivity contribution >= 4 is 10.8 Å². The number of aryl methyl sites for hydroxylation is 1. The Labute approximate surface area is 198 Å². The average molecular weight is 465 g/mol. The van der Waals surface area contributed by atoms with Gasteiger partial charge < -0.3 is 0 Å². The molecule has 0 heterocycles. The molecule has 4 aromatic rings. The molecule has 0 unspecified atom stereocenters. The van der Waals surface area contributed by atoms with E-state index in [1.165, 1.54) is 0 Å². The van der Waals surface area contributed by atoms with Crippen LogP contribution in [-0.2, 0) is 12.8 Å². The summed E-state index contributed by atoms with van der Waals surface area (Å²) in [5.41, 5.74) is 4.16. The highest BCUT2D eigenvalue weighted by atomic mass is 19.2. The molecule has 0 aliphatic heterocycles. The van der Waals surface area contributed by atoms with Crippen LogP contribution < -0.4 is 0 Å². The zero-order valence-electron chi connectivity index (χ0n) is 19.5. The number of rotatable bonds is 8. The number of unbranched alkanes of at least 4 members (excludes halogenated alkanes) is 2. The lowest BCUT2D eigenvalue weighted by Crippen LogP contribution is -2.08. The summed E-state index contributed by atoms with van der Waals surface area (Å²) in [6.07, 6.45) is 4.32. The van der Waals surface area contributed by atoms with E-state index in [0.717, 1.165) is 36.0 Å². The van der Waals surface area contributed by atoms with Gasteiger partial charge in [-0.15, -0.1) is 0 Å². The second-order valence-electron chi connectivity index (χ2n) is 8.65. The SMILES string of the molecule is CCCCc1c(-c2ccccc2)c(CCCC)c2c(F)c(F)c(F)c(F)c2c1-c1ccccc1. The van der Waals surface area contributed by atoms with Gasteiger partial charge in [-0.2, -0.15) is 0 Å². The fourth-order valence-electron chi connectivity index (χ4n) is 4.82. The van der Waals surface area contributed by atoms with Crippen molar-refractivity contribution in [3.8, 4) is 22.3 Å². The number of benzene rings is 4. The second-order valence-corrected chi connectivity index (χ2v) is 8.65. The highest BCUT2D eigenvalue weighted by Gasteiger charge is 2.29. The summed E-state index contributed by atoms with van der Waals surface area (Å²) < 4.78 is 60.3. The van der Waals surface area contributed by atoms with E-state index < -0.39 is 23.3 Å². The van der Waals surface area contributed by atoms with Gasteiger partial charge in [-0.1, -0.05) is 87.4 Å². The van der Waals surface area contributed by atoms with Crippen LogP contribution in [0, 0.1) is 23.3 Å². The predicted molar refractivity (Wildman–Crippen MR) is 132 cm³/mol. The van der Waals surface area contributed by atoms with Crippen molar-refractivity contribution in [1.29, 1.82) is 0 Å². The molecule has 0 saturated carbocycles. The molecule has 0 atom stereocenters. The Bertz CT molecular complexity index is 1290. The van der Waals surface area contributed by atoms with Gasteiger partial charge in [0.05, 0.1) is 0 Å². The molecule has 0 nitrogen and oxygen atoms in total. The molecule has 4 aromatic carbocycles. The summed E-state index contributed by atoms with van der Waals surface area (Å²) >= 11 is 0. The van der Waals surface area contributed by atoms with E-state index in [2.05, 4.69) is 6.92 Å². The van der Waals surface area contributed by atoms with E-state index in [9.17, 15) is 8.78 Å². The topological polar surface area (TPSA) is 0 Å². The highest BCUT2D eigenvalue weighted by molar-refractivity contribution is 6.06. The summed E-state index contributed by atoms with van der Waals surface area (Å²) in [4.78, 5) is 0. The van der Waals surface area contributed by atoms with E-state index in [0.29, 0.717) is 36.0 Å². The quantitative estimate of drug-likeness (QED) is 0.138. The van der Waals surface area contributed by atoms with Gasteiger partial charge in [0.2, 0.25) is 0 Å². The zero-order chi connectivity index (χ0) is 24.2. The highest BCUT2D eigenvalue weighted by Crippen LogP contribution is 2.46. The molecule has 0 N–H and O–H groups in total. The van der Waals surface area contributed by atoms with Crippen LogP contribution in [-0.4, -0.2) is 0 Å². The van der Waals surface area contributed by atoms with Crippen LogP contribution in [0.1, 0.15) is 50.7 Å². The van der Waals surface area contributed by atoms with Gasteiger partial charge in [0, 0.05) is 10.8 Å². The average Bonchev–Trinajstić information content (AvgIpc) is 2.88. The van der Waals surface area contributed by atoms with E-state index in [4.69, 9.17) is 0 Å². The van der Waals surface area contributed by atoms with Gasteiger partial charge in [-0.3, -0.25) is 0 Å². The Morgan fingerprint density at radius 1 is 0.500 bits per heavy atom. The first-order chi connectivity index (χ1) is 16.5. The molecule has 0 amide bonds. The molecule has 176 valence electrons. The van der Waals surface area contributed by atoms with Crippen molar-refractivity contribution < 1.29 is 17.6 Å². The van der Waals surface area contributed by atoms with E-state index in [-0.39, 0.29) is 10.8 Å². The molecule has 0 aromatic heterocycles. The third-order valence-corrected chi connectivity index (χ3v) is 6.41. The lowest BCUT2D eigenvalue weighted by molar-refractivity contribution is 0.418. The minimum absolute atomic E-state index is 0.150. The molecule has 0 radical (unpaired) electrons. The monoisotopic (exact) mass is 464 g/mol. The lowest BCUT2D eigenvalue weighted by Gasteiger charge is -2.24. The van der Waals surface area contributed by atoms with Crippen LogP contribution in [0.3, 0.4) is 0 Å². The Balaban J connectivity index is 2.30. The minimum atomic E-state index is -1.77. The van der Waals surface area contributed by atoms with Crippen LogP contribution in [0.25, 0.3) is 33.0 Å². The summed E-state index contributed by atoms with van der Waals surface area (Å²) in [6.45, 7) is 4.08. The van der Waals surface area contributed by atoms with E-state index in [1.807, 2.05) is 67.6 Å². The zero-order valence-corrected chi connectivity index (χ0v) is 19.5. The van der Waals surface area contributed by atoms with Crippen molar-refractivity contribution in [1.82, 2.24) is 0 Å². The molecular formula is C30H28F4. The van der Waals surface area contributed by atoms with Gasteiger partial charge in [-0.05, 0) is 59.1 Å². The van der Waals surface area contributed by atoms with Gasteiger partial charge in [0.15, 0.2) is 23.3 Å². The largest absolute Gasteiger partial charge is 0.203 e. The molecule has 4 rings (SSSR count). The summed E-state index contributed by atoms with van der Waals surface area (Å²) in [5.74, 6) is -6.18. The van der Waals surface area contributed by atoms with Crippen molar-refractivity contribution in [2.75, 3.05) is 0 Å². The van der Waals surface area contributed by atoms with Crippen molar-refractivity contribution in [2.24, 2.45) is 0 Å². The lowest BCUT2D eigenvalue weighted by atomic mass is 9.80. The van der Waals surface area contributed by atoms with E-state index >= 15 is 8.78 Å². The first-order valence-corrected chi connectivity index (χ1v) is 11.9. The number of halogens is 4. The number of hydrogen-bond donors (Lipinski definition) is 0. The normalized spacial score (nSPS) is 11.4. The molecule has 34 heavy (non-hydrogen) atoms. The predicted octanol–water partition coefficient (Wildman–Crippen LogP) is 9.42.